The number of esters is 1. The number of aromatic nitrogens is 1. The quantitative estimate of drug-likeness (QED) is 0.645. The average molecular weight is 413 g/mol. The van der Waals surface area contributed by atoms with Gasteiger partial charge in [-0.1, -0.05) is 11.6 Å². The molecule has 28 heavy (non-hydrogen) atoms. The molecule has 1 aromatic heterocycles. The zero-order valence-electron chi connectivity index (χ0n) is 15.1. The third kappa shape index (κ3) is 5.08. The fourth-order valence-corrected chi connectivity index (χ4v) is 3.24. The fourth-order valence-electron chi connectivity index (χ4n) is 3.13. The summed E-state index contributed by atoms with van der Waals surface area (Å²) in [4.78, 5) is 17.6. The minimum Gasteiger partial charge on any atom is -0.472 e. The van der Waals surface area contributed by atoms with Gasteiger partial charge in [-0.3, -0.25) is 0 Å². The summed E-state index contributed by atoms with van der Waals surface area (Å²) in [5.41, 5.74) is 1.18. The first-order valence-corrected chi connectivity index (χ1v) is 8.97. The summed E-state index contributed by atoms with van der Waals surface area (Å²) in [5, 5.41) is 0.495. The second-order valence-electron chi connectivity index (χ2n) is 6.23. The summed E-state index contributed by atoms with van der Waals surface area (Å²) < 4.78 is 40.2. The van der Waals surface area contributed by atoms with Crippen LogP contribution in [0.1, 0.15) is 16.8 Å². The van der Waals surface area contributed by atoms with Crippen molar-refractivity contribution in [1.82, 2.24) is 4.98 Å². The van der Waals surface area contributed by atoms with Gasteiger partial charge in [0.25, 0.3) is 0 Å². The van der Waals surface area contributed by atoms with E-state index in [0.29, 0.717) is 29.4 Å². The Morgan fingerprint density at radius 2 is 2.04 bits per heavy atom. The van der Waals surface area contributed by atoms with E-state index in [0.717, 1.165) is 5.69 Å². The molecule has 0 bridgehead atoms. The van der Waals surface area contributed by atoms with E-state index >= 15 is 0 Å². The standard InChI is InChI=1S/C19H19ClF2N2O4/c1-26-18(25)12-2-5-14(6-3-12)24-10-16(8-15(24)11-27-19(21)22)28-17-7-4-13(20)9-23-17/h2-7,9,15-16,19H,8,10-11H2,1H3/t15-,16-/m0/s1. The largest absolute Gasteiger partial charge is 0.472 e. The van der Waals surface area contributed by atoms with Crippen LogP contribution < -0.4 is 9.64 Å². The molecule has 1 aromatic carbocycles. The molecule has 3 rings (SSSR count). The molecule has 2 aromatic rings. The topological polar surface area (TPSA) is 60.9 Å². The smallest absolute Gasteiger partial charge is 0.345 e. The van der Waals surface area contributed by atoms with Crippen molar-refractivity contribution >= 4 is 23.3 Å². The predicted molar refractivity (Wildman–Crippen MR) is 99.2 cm³/mol. The molecular weight excluding hydrogens is 394 g/mol. The van der Waals surface area contributed by atoms with Crippen molar-refractivity contribution in [2.75, 3.05) is 25.2 Å². The van der Waals surface area contributed by atoms with Crippen LogP contribution in [0.15, 0.2) is 42.6 Å². The molecule has 2 atom stereocenters. The minimum atomic E-state index is -2.85. The maximum absolute atomic E-state index is 12.5. The molecule has 1 aliphatic heterocycles. The summed E-state index contributed by atoms with van der Waals surface area (Å²) in [6.07, 6.45) is 1.70. The Balaban J connectivity index is 1.74. The van der Waals surface area contributed by atoms with Gasteiger partial charge in [-0.25, -0.2) is 9.78 Å². The van der Waals surface area contributed by atoms with Gasteiger partial charge in [-0.05, 0) is 30.3 Å². The molecule has 2 heterocycles. The summed E-state index contributed by atoms with van der Waals surface area (Å²) in [6.45, 7) is -2.54. The lowest BCUT2D eigenvalue weighted by Crippen LogP contribution is -2.34. The number of ether oxygens (including phenoxy) is 3. The van der Waals surface area contributed by atoms with Gasteiger partial charge in [0.05, 0.1) is 36.9 Å². The molecule has 0 spiro atoms. The Labute approximate surface area is 166 Å². The van der Waals surface area contributed by atoms with Crippen LogP contribution in [-0.2, 0) is 9.47 Å². The number of hydrogen-bond acceptors (Lipinski definition) is 6. The first-order chi connectivity index (χ1) is 13.5. The zero-order chi connectivity index (χ0) is 20.1. The lowest BCUT2D eigenvalue weighted by Gasteiger charge is -2.26. The van der Waals surface area contributed by atoms with Gasteiger partial charge in [-0.15, -0.1) is 0 Å². The summed E-state index contributed by atoms with van der Waals surface area (Å²) in [6, 6.07) is 9.74. The van der Waals surface area contributed by atoms with E-state index in [1.807, 2.05) is 4.90 Å². The van der Waals surface area contributed by atoms with Gasteiger partial charge in [0.2, 0.25) is 5.88 Å². The molecule has 0 aliphatic carbocycles. The van der Waals surface area contributed by atoms with Crippen LogP contribution in [0.3, 0.4) is 0 Å². The lowest BCUT2D eigenvalue weighted by molar-refractivity contribution is -0.131. The van der Waals surface area contributed by atoms with Crippen molar-refractivity contribution in [3.63, 3.8) is 0 Å². The molecule has 6 nitrogen and oxygen atoms in total. The normalized spacial score (nSPS) is 19.1. The van der Waals surface area contributed by atoms with E-state index in [2.05, 4.69) is 14.5 Å². The molecule has 1 aliphatic rings. The van der Waals surface area contributed by atoms with Gasteiger partial charge >= 0.3 is 12.6 Å². The SMILES string of the molecule is COC(=O)c1ccc(N2C[C@@H](Oc3ccc(Cl)cn3)C[C@H]2COC(F)F)cc1. The number of pyridine rings is 1. The Morgan fingerprint density at radius 1 is 1.29 bits per heavy atom. The van der Waals surface area contributed by atoms with Gasteiger partial charge in [0.15, 0.2) is 0 Å². The Kier molecular flexibility index (Phi) is 6.64. The zero-order valence-corrected chi connectivity index (χ0v) is 15.8. The molecule has 1 saturated heterocycles. The molecule has 150 valence electrons. The van der Waals surface area contributed by atoms with Crippen molar-refractivity contribution in [3.8, 4) is 5.88 Å². The third-order valence-electron chi connectivity index (χ3n) is 4.40. The van der Waals surface area contributed by atoms with Gasteiger partial charge in [0.1, 0.15) is 6.10 Å². The number of alkyl halides is 2. The first kappa shape index (κ1) is 20.3. The summed E-state index contributed by atoms with van der Waals surface area (Å²) in [5.74, 6) is -0.0357. The highest BCUT2D eigenvalue weighted by atomic mass is 35.5. The predicted octanol–water partition coefficient (Wildman–Crippen LogP) is 3.79. The first-order valence-electron chi connectivity index (χ1n) is 8.59. The fraction of sp³-hybridized carbons (Fsp3) is 0.368. The van der Waals surface area contributed by atoms with E-state index in [1.165, 1.54) is 13.3 Å². The molecule has 0 amide bonds. The molecule has 0 unspecified atom stereocenters. The highest BCUT2D eigenvalue weighted by Crippen LogP contribution is 2.29. The van der Waals surface area contributed by atoms with Crippen LogP contribution in [-0.4, -0.2) is 50.0 Å². The van der Waals surface area contributed by atoms with Crippen molar-refractivity contribution in [2.24, 2.45) is 0 Å². The molecule has 0 radical (unpaired) electrons. The Morgan fingerprint density at radius 3 is 2.64 bits per heavy atom. The average Bonchev–Trinajstić information content (AvgIpc) is 3.10. The molecule has 0 N–H and O–H groups in total. The number of nitrogens with zero attached hydrogens (tertiary/aromatic N) is 2. The van der Waals surface area contributed by atoms with Crippen LogP contribution in [0.5, 0.6) is 5.88 Å². The van der Waals surface area contributed by atoms with Gasteiger partial charge in [-0.2, -0.15) is 8.78 Å². The second kappa shape index (κ2) is 9.16. The summed E-state index contributed by atoms with van der Waals surface area (Å²) >= 11 is 5.82. The Bertz CT molecular complexity index is 790. The van der Waals surface area contributed by atoms with Crippen molar-refractivity contribution in [1.29, 1.82) is 0 Å². The monoisotopic (exact) mass is 412 g/mol. The minimum absolute atomic E-state index is 0.148. The maximum atomic E-state index is 12.5. The highest BCUT2D eigenvalue weighted by molar-refractivity contribution is 6.30. The van der Waals surface area contributed by atoms with Crippen LogP contribution in [0.2, 0.25) is 5.02 Å². The van der Waals surface area contributed by atoms with Crippen LogP contribution in [0.25, 0.3) is 0 Å². The van der Waals surface area contributed by atoms with Crippen LogP contribution in [0.4, 0.5) is 14.5 Å². The molecule has 1 fully saturated rings. The van der Waals surface area contributed by atoms with Crippen molar-refractivity contribution < 1.29 is 27.8 Å². The van der Waals surface area contributed by atoms with Gasteiger partial charge < -0.3 is 19.1 Å². The van der Waals surface area contributed by atoms with E-state index in [-0.39, 0.29) is 18.8 Å². The maximum Gasteiger partial charge on any atom is 0.345 e. The van der Waals surface area contributed by atoms with Crippen molar-refractivity contribution in [2.45, 2.75) is 25.2 Å². The number of carbonyl (C=O) groups excluding carboxylic acids is 1. The number of halogens is 3. The second-order valence-corrected chi connectivity index (χ2v) is 6.67. The van der Waals surface area contributed by atoms with Gasteiger partial charge in [0, 0.05) is 24.4 Å². The Hall–Kier alpha value is -2.45. The molecular formula is C19H19ClF2N2O4. The number of benzene rings is 1. The molecule has 9 heteroatoms. The number of rotatable bonds is 7. The third-order valence-corrected chi connectivity index (χ3v) is 4.62. The number of methoxy groups -OCH3 is 1. The lowest BCUT2D eigenvalue weighted by atomic mass is 10.1. The summed E-state index contributed by atoms with van der Waals surface area (Å²) in [7, 11) is 1.31. The van der Waals surface area contributed by atoms with Crippen LogP contribution in [0, 0.1) is 0 Å². The number of hydrogen-bond donors (Lipinski definition) is 0. The van der Waals surface area contributed by atoms with Crippen LogP contribution >= 0.6 is 11.6 Å². The van der Waals surface area contributed by atoms with E-state index in [4.69, 9.17) is 16.3 Å². The number of carbonyl (C=O) groups is 1. The van der Waals surface area contributed by atoms with E-state index < -0.39 is 12.6 Å². The van der Waals surface area contributed by atoms with Crippen molar-refractivity contribution in [3.05, 3.63) is 53.2 Å². The van der Waals surface area contributed by atoms with E-state index in [9.17, 15) is 13.6 Å². The van der Waals surface area contributed by atoms with E-state index in [1.54, 1.807) is 36.4 Å². The molecule has 0 saturated carbocycles. The number of anilines is 1. The highest BCUT2D eigenvalue weighted by Gasteiger charge is 2.34.